The van der Waals surface area contributed by atoms with Gasteiger partial charge >= 0.3 is 0 Å². The van der Waals surface area contributed by atoms with E-state index in [1.807, 2.05) is 30.3 Å². The van der Waals surface area contributed by atoms with Crippen molar-refractivity contribution in [1.82, 2.24) is 4.98 Å². The van der Waals surface area contributed by atoms with E-state index in [9.17, 15) is 8.78 Å². The number of hydrogen-bond donors (Lipinski definition) is 1. The van der Waals surface area contributed by atoms with Gasteiger partial charge < -0.3 is 5.32 Å². The van der Waals surface area contributed by atoms with Crippen molar-refractivity contribution in [2.45, 2.75) is 13.0 Å². The van der Waals surface area contributed by atoms with Gasteiger partial charge in [-0.2, -0.15) is 0 Å². The Hall–Kier alpha value is -2.49. The molecule has 1 aromatic heterocycles. The fourth-order valence-electron chi connectivity index (χ4n) is 2.33. The van der Waals surface area contributed by atoms with Crippen LogP contribution in [0.25, 0.3) is 10.9 Å². The molecule has 21 heavy (non-hydrogen) atoms. The molecule has 1 N–H and O–H groups in total. The van der Waals surface area contributed by atoms with Crippen molar-refractivity contribution in [3.63, 3.8) is 0 Å². The first-order valence-electron chi connectivity index (χ1n) is 6.70. The molecule has 106 valence electrons. The van der Waals surface area contributed by atoms with Crippen molar-refractivity contribution in [1.29, 1.82) is 0 Å². The van der Waals surface area contributed by atoms with Crippen LogP contribution in [0.5, 0.6) is 0 Å². The lowest BCUT2D eigenvalue weighted by Gasteiger charge is -2.16. The molecule has 0 amide bonds. The van der Waals surface area contributed by atoms with Gasteiger partial charge in [-0.1, -0.05) is 30.3 Å². The van der Waals surface area contributed by atoms with Crippen molar-refractivity contribution >= 4 is 16.6 Å². The molecule has 0 aliphatic rings. The second-order valence-corrected chi connectivity index (χ2v) is 4.93. The normalized spacial score (nSPS) is 12.3. The Kier molecular flexibility index (Phi) is 3.52. The van der Waals surface area contributed by atoms with E-state index in [2.05, 4.69) is 10.3 Å². The maximum absolute atomic E-state index is 13.8. The smallest absolute Gasteiger partial charge is 0.164 e. The lowest BCUT2D eigenvalue weighted by atomic mass is 10.1. The van der Waals surface area contributed by atoms with Gasteiger partial charge in [-0.3, -0.25) is 4.98 Å². The number of anilines is 1. The quantitative estimate of drug-likeness (QED) is 0.755. The monoisotopic (exact) mass is 284 g/mol. The van der Waals surface area contributed by atoms with E-state index in [4.69, 9.17) is 0 Å². The highest BCUT2D eigenvalue weighted by Gasteiger charge is 2.14. The number of nitrogens with zero attached hydrogens (tertiary/aromatic N) is 1. The number of nitrogens with one attached hydrogen (secondary N) is 1. The number of halogens is 2. The Morgan fingerprint density at radius 3 is 2.71 bits per heavy atom. The zero-order valence-corrected chi connectivity index (χ0v) is 11.5. The number of rotatable bonds is 3. The zero-order chi connectivity index (χ0) is 14.8. The van der Waals surface area contributed by atoms with Gasteiger partial charge in [0.15, 0.2) is 11.6 Å². The van der Waals surface area contributed by atoms with Crippen molar-refractivity contribution in [2.24, 2.45) is 0 Å². The minimum atomic E-state index is -0.835. The zero-order valence-electron chi connectivity index (χ0n) is 11.5. The molecule has 0 spiro atoms. The van der Waals surface area contributed by atoms with Gasteiger partial charge in [-0.25, -0.2) is 8.78 Å². The molecule has 0 saturated heterocycles. The predicted octanol–water partition coefficient (Wildman–Crippen LogP) is 4.69. The van der Waals surface area contributed by atoms with Gasteiger partial charge in [0.05, 0.1) is 23.4 Å². The summed E-state index contributed by atoms with van der Waals surface area (Å²) in [4.78, 5) is 4.34. The molecule has 1 unspecified atom stereocenters. The van der Waals surface area contributed by atoms with Crippen LogP contribution >= 0.6 is 0 Å². The SMILES string of the molecule is CC(Nc1cnc2ccccc2c1)c1cccc(F)c1F. The molecule has 0 radical (unpaired) electrons. The van der Waals surface area contributed by atoms with Crippen LogP contribution in [0.4, 0.5) is 14.5 Å². The maximum atomic E-state index is 13.8. The first kappa shape index (κ1) is 13.5. The van der Waals surface area contributed by atoms with Crippen molar-refractivity contribution < 1.29 is 8.78 Å². The molecular formula is C17H14F2N2. The minimum Gasteiger partial charge on any atom is -0.377 e. The van der Waals surface area contributed by atoms with Crippen molar-refractivity contribution in [3.05, 3.63) is 71.9 Å². The van der Waals surface area contributed by atoms with Gasteiger partial charge in [0.1, 0.15) is 0 Å². The molecular weight excluding hydrogens is 270 g/mol. The van der Waals surface area contributed by atoms with E-state index in [1.54, 1.807) is 19.2 Å². The molecule has 1 atom stereocenters. The number of benzene rings is 2. The standard InChI is InChI=1S/C17H14F2N2/c1-11(14-6-4-7-15(18)17(14)19)21-13-9-12-5-2-3-8-16(12)20-10-13/h2-11,21H,1H3. The summed E-state index contributed by atoms with van der Waals surface area (Å²) in [7, 11) is 0. The molecule has 1 heterocycles. The molecule has 3 aromatic rings. The van der Waals surface area contributed by atoms with Crippen LogP contribution in [0.2, 0.25) is 0 Å². The summed E-state index contributed by atoms with van der Waals surface area (Å²) in [6.07, 6.45) is 1.69. The van der Waals surface area contributed by atoms with Crippen LogP contribution in [0.3, 0.4) is 0 Å². The van der Waals surface area contributed by atoms with Crippen LogP contribution in [0, 0.1) is 11.6 Å². The Labute approximate surface area is 121 Å². The molecule has 0 fully saturated rings. The third kappa shape index (κ3) is 2.70. The molecule has 0 aliphatic carbocycles. The van der Waals surface area contributed by atoms with Crippen molar-refractivity contribution in [2.75, 3.05) is 5.32 Å². The lowest BCUT2D eigenvalue weighted by Crippen LogP contribution is -2.09. The topological polar surface area (TPSA) is 24.9 Å². The second-order valence-electron chi connectivity index (χ2n) is 4.93. The fourth-order valence-corrected chi connectivity index (χ4v) is 2.33. The Bertz CT molecular complexity index is 787. The van der Waals surface area contributed by atoms with Gasteiger partial charge in [-0.05, 0) is 25.1 Å². The molecule has 2 aromatic carbocycles. The summed E-state index contributed by atoms with van der Waals surface area (Å²) >= 11 is 0. The van der Waals surface area contributed by atoms with E-state index in [-0.39, 0.29) is 6.04 Å². The number of aromatic nitrogens is 1. The van der Waals surface area contributed by atoms with Crippen molar-refractivity contribution in [3.8, 4) is 0 Å². The molecule has 4 heteroatoms. The third-order valence-electron chi connectivity index (χ3n) is 3.42. The van der Waals surface area contributed by atoms with E-state index < -0.39 is 11.6 Å². The molecule has 3 rings (SSSR count). The minimum absolute atomic E-state index is 0.295. The van der Waals surface area contributed by atoms with Crippen LogP contribution in [0.15, 0.2) is 54.7 Å². The molecule has 0 aliphatic heterocycles. The average molecular weight is 284 g/mol. The first-order chi connectivity index (χ1) is 10.1. The van der Waals surface area contributed by atoms with E-state index in [0.717, 1.165) is 22.7 Å². The first-order valence-corrected chi connectivity index (χ1v) is 6.70. The van der Waals surface area contributed by atoms with Crippen LogP contribution in [0.1, 0.15) is 18.5 Å². The van der Waals surface area contributed by atoms with E-state index in [1.165, 1.54) is 6.07 Å². The van der Waals surface area contributed by atoms with Crippen LogP contribution in [-0.2, 0) is 0 Å². The predicted molar refractivity (Wildman–Crippen MR) is 80.1 cm³/mol. The lowest BCUT2D eigenvalue weighted by molar-refractivity contribution is 0.494. The average Bonchev–Trinajstić information content (AvgIpc) is 2.50. The third-order valence-corrected chi connectivity index (χ3v) is 3.42. The summed E-state index contributed by atoms with van der Waals surface area (Å²) in [5.41, 5.74) is 1.96. The number of hydrogen-bond acceptors (Lipinski definition) is 2. The highest BCUT2D eigenvalue weighted by Crippen LogP contribution is 2.24. The summed E-state index contributed by atoms with van der Waals surface area (Å²) in [5.74, 6) is -1.65. The van der Waals surface area contributed by atoms with Crippen LogP contribution < -0.4 is 5.32 Å². The van der Waals surface area contributed by atoms with Crippen LogP contribution in [-0.4, -0.2) is 4.98 Å². The maximum Gasteiger partial charge on any atom is 0.164 e. The van der Waals surface area contributed by atoms with Gasteiger partial charge in [-0.15, -0.1) is 0 Å². The van der Waals surface area contributed by atoms with Gasteiger partial charge in [0.2, 0.25) is 0 Å². The summed E-state index contributed by atoms with van der Waals surface area (Å²) < 4.78 is 27.0. The Morgan fingerprint density at radius 2 is 1.86 bits per heavy atom. The highest BCUT2D eigenvalue weighted by molar-refractivity contribution is 5.81. The molecule has 0 bridgehead atoms. The Balaban J connectivity index is 1.89. The highest BCUT2D eigenvalue weighted by atomic mass is 19.2. The van der Waals surface area contributed by atoms with E-state index in [0.29, 0.717) is 5.56 Å². The summed E-state index contributed by atoms with van der Waals surface area (Å²) in [5, 5.41) is 4.14. The number of fused-ring (bicyclic) bond motifs is 1. The van der Waals surface area contributed by atoms with Gasteiger partial charge in [0.25, 0.3) is 0 Å². The Morgan fingerprint density at radius 1 is 1.05 bits per heavy atom. The number of para-hydroxylation sites is 1. The van der Waals surface area contributed by atoms with Gasteiger partial charge in [0, 0.05) is 10.9 Å². The molecule has 0 saturated carbocycles. The fraction of sp³-hybridized carbons (Fsp3) is 0.118. The number of pyridine rings is 1. The second kappa shape index (κ2) is 5.48. The summed E-state index contributed by atoms with van der Waals surface area (Å²) in [6.45, 7) is 1.78. The summed E-state index contributed by atoms with van der Waals surface area (Å²) in [6, 6.07) is 13.5. The largest absolute Gasteiger partial charge is 0.377 e. The van der Waals surface area contributed by atoms with E-state index >= 15 is 0 Å². The molecule has 2 nitrogen and oxygen atoms in total.